The van der Waals surface area contributed by atoms with E-state index in [9.17, 15) is 35.7 Å². The average molecular weight is 931 g/mol. The Balaban J connectivity index is 0.891. The molecular weight excluding hydrogens is 865 g/mol. The van der Waals surface area contributed by atoms with Crippen molar-refractivity contribution in [2.24, 2.45) is 45.8 Å². The fourth-order valence-electron chi connectivity index (χ4n) is 18.1. The number of aromatic nitrogens is 2. The number of hydrogen-bond acceptors (Lipinski definition) is 10. The normalized spacial score (nSPS) is 37.4. The lowest BCUT2D eigenvalue weighted by atomic mass is 9.30. The molecule has 3 spiro atoms. The summed E-state index contributed by atoms with van der Waals surface area (Å²) in [6.07, 6.45) is 24.4. The third-order valence-corrected chi connectivity index (χ3v) is 20.5. The van der Waals surface area contributed by atoms with Crippen LogP contribution >= 0.6 is 0 Å². The van der Waals surface area contributed by atoms with Crippen molar-refractivity contribution in [1.82, 2.24) is 20.6 Å². The van der Waals surface area contributed by atoms with E-state index >= 15 is 0 Å². The standard InChI is InChI=1S/C58H66N4O7/c63-44-20-10-33(27-47(44)66)9-17-38-39-4-1-5-45(64)49(39)51(69)50(68)40(38)18-8-32-6-11-34(12-7-32)43-29-55(25-26-59-48(67)30-55)41-28-37-14-13-36-15-19-42-54(61-31-60-42)58(53(41)62-43)52-46(65)21-16-35-3-2-22-56(35,52)23-24-57(36,37)58/h1,4-7,9-12,16-17,20-21,27,31,35-37,41,43,46,48,52-53,59,62-69H,2-3,8,13-15,18-19,22-26,28-30H2,(H,60,61)/b17-9+/t35-,36+,37-,41+,43-,46-,48-,52-,53+,55-,56+,57-,58-/m0/s1. The Kier molecular flexibility index (Phi) is 10.0. The molecule has 13 atom stereocenters. The molecule has 13 rings (SSSR count). The van der Waals surface area contributed by atoms with Crippen LogP contribution in [0.2, 0.25) is 0 Å². The monoisotopic (exact) mass is 930 g/mol. The van der Waals surface area contributed by atoms with Crippen molar-refractivity contribution in [3.05, 3.63) is 118 Å². The highest BCUT2D eigenvalue weighted by atomic mass is 16.3. The highest BCUT2D eigenvalue weighted by Crippen LogP contribution is 2.81. The van der Waals surface area contributed by atoms with Gasteiger partial charge < -0.3 is 46.0 Å². The van der Waals surface area contributed by atoms with Gasteiger partial charge in [-0.3, -0.25) is 5.32 Å². The van der Waals surface area contributed by atoms with Gasteiger partial charge >= 0.3 is 0 Å². The predicted octanol–water partition coefficient (Wildman–Crippen LogP) is 9.18. The van der Waals surface area contributed by atoms with Crippen LogP contribution in [0.4, 0.5) is 0 Å². The first-order valence-corrected chi connectivity index (χ1v) is 26.0. The maximum Gasteiger partial charge on any atom is 0.169 e. The molecule has 11 nitrogen and oxygen atoms in total. The molecule has 69 heavy (non-hydrogen) atoms. The summed E-state index contributed by atoms with van der Waals surface area (Å²) in [6, 6.07) is 18.5. The number of aromatic amines is 1. The maximum atomic E-state index is 12.9. The van der Waals surface area contributed by atoms with E-state index in [1.165, 1.54) is 80.1 Å². The molecular formula is C58H66N4O7. The summed E-state index contributed by atoms with van der Waals surface area (Å²) in [6.45, 7) is 0.779. The summed E-state index contributed by atoms with van der Waals surface area (Å²) in [5.74, 6) is 0.688. The number of imidazole rings is 1. The third-order valence-electron chi connectivity index (χ3n) is 20.5. The number of phenolic OH excluding ortho intramolecular Hbond substituents is 5. The SMILES string of the molecule is Oc1ccc(/C=C/c2c(CCc3ccc([C@@H]4C[C@]5(CCN[C@@H](O)C5)[C@@H]5C[C@@H]6CC[C@@H]7CCc8[nH]cnc8[C@@]8([C@@H]5N4)[C@H]4[C@@H](O)C=C[C@@H]5CCC[C@@]54CC[C@]768)cc3)c(O)c(O)c3c(O)cccc23)cc1O. The van der Waals surface area contributed by atoms with E-state index < -0.39 is 12.3 Å². The van der Waals surface area contributed by atoms with Crippen LogP contribution in [0.5, 0.6) is 28.7 Å². The van der Waals surface area contributed by atoms with E-state index in [0.29, 0.717) is 65.0 Å². The number of phenols is 5. The number of nitrogens with zero attached hydrogens (tertiary/aromatic N) is 1. The lowest BCUT2D eigenvalue weighted by molar-refractivity contribution is -0.230. The zero-order chi connectivity index (χ0) is 47.0. The van der Waals surface area contributed by atoms with Gasteiger partial charge in [0.05, 0.1) is 23.5 Å². The number of aliphatic hydroxyl groups excluding tert-OH is 2. The zero-order valence-electron chi connectivity index (χ0n) is 39.2. The first-order valence-electron chi connectivity index (χ1n) is 26.0. The Bertz CT molecular complexity index is 2910. The molecule has 10 N–H and O–H groups in total. The van der Waals surface area contributed by atoms with Crippen molar-refractivity contribution in [2.75, 3.05) is 6.54 Å². The number of benzene rings is 4. The van der Waals surface area contributed by atoms with Crippen molar-refractivity contribution < 1.29 is 35.7 Å². The fourth-order valence-corrected chi connectivity index (χ4v) is 18.1. The van der Waals surface area contributed by atoms with Crippen LogP contribution in [0, 0.1) is 45.8 Å². The number of aryl methyl sites for hydroxylation is 2. The van der Waals surface area contributed by atoms with Gasteiger partial charge in [0, 0.05) is 34.7 Å². The number of piperidine rings is 2. The van der Waals surface area contributed by atoms with E-state index in [1.54, 1.807) is 18.2 Å². The number of aromatic hydroxyl groups is 5. The fraction of sp³-hybridized carbons (Fsp3) is 0.500. The molecule has 6 fully saturated rings. The molecule has 5 aromatic rings. The molecule has 8 aliphatic rings. The van der Waals surface area contributed by atoms with Gasteiger partial charge in [-0.05, 0) is 182 Å². The summed E-state index contributed by atoms with van der Waals surface area (Å²) in [7, 11) is 0. The van der Waals surface area contributed by atoms with Crippen molar-refractivity contribution in [1.29, 1.82) is 0 Å². The van der Waals surface area contributed by atoms with Crippen molar-refractivity contribution in [3.63, 3.8) is 0 Å². The molecule has 4 saturated carbocycles. The smallest absolute Gasteiger partial charge is 0.169 e. The van der Waals surface area contributed by atoms with Gasteiger partial charge in [0.1, 0.15) is 12.0 Å². The van der Waals surface area contributed by atoms with Gasteiger partial charge in [0.25, 0.3) is 0 Å². The van der Waals surface area contributed by atoms with E-state index in [1.807, 2.05) is 18.5 Å². The number of nitrogens with one attached hydrogen (secondary N) is 3. The van der Waals surface area contributed by atoms with Crippen LogP contribution in [0.1, 0.15) is 122 Å². The second-order valence-corrected chi connectivity index (χ2v) is 22.9. The van der Waals surface area contributed by atoms with Crippen LogP contribution in [-0.2, 0) is 24.7 Å². The number of H-pyrrole nitrogens is 1. The quantitative estimate of drug-likeness (QED) is 0.0446. The Morgan fingerprint density at radius 1 is 0.768 bits per heavy atom. The molecule has 0 bridgehead atoms. The number of rotatable bonds is 6. The van der Waals surface area contributed by atoms with E-state index in [4.69, 9.17) is 4.98 Å². The molecule has 2 saturated heterocycles. The highest BCUT2D eigenvalue weighted by molar-refractivity contribution is 6.03. The molecule has 360 valence electrons. The first-order chi connectivity index (χ1) is 33.5. The minimum Gasteiger partial charge on any atom is -0.507 e. The molecule has 4 aromatic carbocycles. The Morgan fingerprint density at radius 2 is 1.62 bits per heavy atom. The van der Waals surface area contributed by atoms with Gasteiger partial charge in [-0.15, -0.1) is 0 Å². The number of aliphatic hydroxyl groups is 2. The summed E-state index contributed by atoms with van der Waals surface area (Å²) in [5.41, 5.74) is 6.16. The van der Waals surface area contributed by atoms with Crippen molar-refractivity contribution in [3.8, 4) is 28.7 Å². The zero-order valence-corrected chi connectivity index (χ0v) is 39.2. The first kappa shape index (κ1) is 43.7. The van der Waals surface area contributed by atoms with Gasteiger partial charge in [0.2, 0.25) is 0 Å². The van der Waals surface area contributed by atoms with Gasteiger partial charge in [-0.25, -0.2) is 4.98 Å². The van der Waals surface area contributed by atoms with Gasteiger partial charge in [0.15, 0.2) is 23.0 Å². The Morgan fingerprint density at radius 3 is 2.46 bits per heavy atom. The molecule has 1 aromatic heterocycles. The second kappa shape index (κ2) is 15.8. The molecule has 6 aliphatic carbocycles. The molecule has 3 heterocycles. The largest absolute Gasteiger partial charge is 0.507 e. The predicted molar refractivity (Wildman–Crippen MR) is 264 cm³/mol. The van der Waals surface area contributed by atoms with E-state index in [-0.39, 0.29) is 73.8 Å². The number of fused-ring (bicyclic) bond motifs is 4. The molecule has 0 radical (unpaired) electrons. The van der Waals surface area contributed by atoms with Crippen molar-refractivity contribution in [2.45, 2.75) is 126 Å². The van der Waals surface area contributed by atoms with Crippen LogP contribution in [0.15, 0.2) is 79.1 Å². The lowest BCUT2D eigenvalue weighted by Gasteiger charge is -2.75. The molecule has 2 aliphatic heterocycles. The summed E-state index contributed by atoms with van der Waals surface area (Å²) in [5, 5.41) is 87.1. The Hall–Kier alpha value is -5.33. The Labute approximate surface area is 403 Å². The van der Waals surface area contributed by atoms with Gasteiger partial charge in [-0.2, -0.15) is 0 Å². The van der Waals surface area contributed by atoms with E-state index in [2.05, 4.69) is 52.0 Å². The van der Waals surface area contributed by atoms with Crippen LogP contribution in [0.25, 0.3) is 22.9 Å². The number of hydrogen-bond donors (Lipinski definition) is 10. The molecule has 0 amide bonds. The van der Waals surface area contributed by atoms with E-state index in [0.717, 1.165) is 44.2 Å². The summed E-state index contributed by atoms with van der Waals surface area (Å²) < 4.78 is 0. The third kappa shape index (κ3) is 6.09. The van der Waals surface area contributed by atoms with Crippen molar-refractivity contribution >= 4 is 22.9 Å². The topological polar surface area (TPSA) is 194 Å². The molecule has 0 unspecified atom stereocenters. The number of allylic oxidation sites excluding steroid dienone is 1. The minimum atomic E-state index is -0.570. The van der Waals surface area contributed by atoms with Crippen LogP contribution in [-0.4, -0.2) is 70.6 Å². The maximum absolute atomic E-state index is 12.9. The summed E-state index contributed by atoms with van der Waals surface area (Å²) in [4.78, 5) is 9.23. The summed E-state index contributed by atoms with van der Waals surface area (Å²) >= 11 is 0. The second-order valence-electron chi connectivity index (χ2n) is 22.9. The average Bonchev–Trinajstić information content (AvgIpc) is 4.07. The van der Waals surface area contributed by atoms with Crippen LogP contribution in [0.3, 0.4) is 0 Å². The minimum absolute atomic E-state index is 0.0119. The highest BCUT2D eigenvalue weighted by Gasteiger charge is 2.80. The van der Waals surface area contributed by atoms with Gasteiger partial charge in [-0.1, -0.05) is 73.2 Å². The lowest BCUT2D eigenvalue weighted by Crippen LogP contribution is -2.79. The van der Waals surface area contributed by atoms with Crippen LogP contribution < -0.4 is 10.6 Å². The molecule has 11 heteroatoms.